The highest BCUT2D eigenvalue weighted by Crippen LogP contribution is 2.36. The number of oxazole rings is 1. The lowest BCUT2D eigenvalue weighted by molar-refractivity contribution is -0.128. The first-order valence-corrected chi connectivity index (χ1v) is 23.5. The molecule has 4 N–H and O–H groups in total. The minimum atomic E-state index is -2.87. The van der Waals surface area contributed by atoms with Gasteiger partial charge in [0, 0.05) is 64.1 Å². The van der Waals surface area contributed by atoms with Crippen molar-refractivity contribution in [1.29, 1.82) is 0 Å². The third-order valence-corrected chi connectivity index (χ3v) is 13.8. The molecule has 354 valence electrons. The molecule has 19 heteroatoms. The molecule has 9 rings (SSSR count). The Kier molecular flexibility index (Phi) is 13.9. The van der Waals surface area contributed by atoms with E-state index in [1.807, 2.05) is 6.07 Å². The average molecular weight is 914 g/mol. The largest absolute Gasteiger partial charge is 0.444 e. The molecule has 0 bridgehead atoms. The molecule has 2 amide bonds. The molecule has 6 heterocycles. The van der Waals surface area contributed by atoms with Gasteiger partial charge in [-0.05, 0) is 119 Å². The van der Waals surface area contributed by atoms with Gasteiger partial charge in [-0.15, -0.1) is 0 Å². The van der Waals surface area contributed by atoms with Crippen molar-refractivity contribution < 1.29 is 32.6 Å². The van der Waals surface area contributed by atoms with E-state index in [0.717, 1.165) is 101 Å². The number of imidazole rings is 1. The number of aliphatic hydroxyl groups excluding tert-OH is 1. The maximum Gasteiger partial charge on any atom is 0.329 e. The summed E-state index contributed by atoms with van der Waals surface area (Å²) in [5.74, 6) is 1.21. The van der Waals surface area contributed by atoms with Crippen molar-refractivity contribution in [3.63, 3.8) is 0 Å². The van der Waals surface area contributed by atoms with Gasteiger partial charge in [-0.25, -0.2) is 23.5 Å². The fourth-order valence-electron chi connectivity index (χ4n) is 9.86. The Balaban J connectivity index is 0.703. The number of halogens is 2. The lowest BCUT2D eigenvalue weighted by atomic mass is 9.86. The van der Waals surface area contributed by atoms with Gasteiger partial charge in [0.25, 0.3) is 12.3 Å². The van der Waals surface area contributed by atoms with E-state index in [1.165, 1.54) is 25.3 Å². The van der Waals surface area contributed by atoms with Crippen LogP contribution in [0.15, 0.2) is 58.2 Å². The third-order valence-electron chi connectivity index (χ3n) is 13.8. The summed E-state index contributed by atoms with van der Waals surface area (Å²) in [4.78, 5) is 51.7. The molecule has 2 unspecified atom stereocenters. The molecule has 4 aromatic heterocycles. The van der Waals surface area contributed by atoms with Crippen LogP contribution in [0.2, 0.25) is 0 Å². The minimum Gasteiger partial charge on any atom is -0.444 e. The van der Waals surface area contributed by atoms with Crippen LogP contribution in [0.1, 0.15) is 104 Å². The molecule has 2 aliphatic heterocycles. The Morgan fingerprint density at radius 1 is 1.06 bits per heavy atom. The van der Waals surface area contributed by atoms with Crippen molar-refractivity contribution in [2.75, 3.05) is 63.6 Å². The Bertz CT molecular complexity index is 2540. The number of fused-ring (bicyclic) bond motifs is 1. The molecule has 1 aromatic carbocycles. The van der Waals surface area contributed by atoms with Crippen LogP contribution >= 0.6 is 0 Å². The zero-order chi connectivity index (χ0) is 45.9. The number of amides is 2. The monoisotopic (exact) mass is 913 g/mol. The summed E-state index contributed by atoms with van der Waals surface area (Å²) in [6.45, 7) is 6.13. The van der Waals surface area contributed by atoms with Gasteiger partial charge >= 0.3 is 5.69 Å². The zero-order valence-corrected chi connectivity index (χ0v) is 37.7. The highest BCUT2D eigenvalue weighted by atomic mass is 19.3. The number of ether oxygens (including phenoxy) is 1. The van der Waals surface area contributed by atoms with Crippen LogP contribution < -0.4 is 21.6 Å². The van der Waals surface area contributed by atoms with Crippen molar-refractivity contribution in [1.82, 2.24) is 44.0 Å². The Labute approximate surface area is 381 Å². The van der Waals surface area contributed by atoms with E-state index in [0.29, 0.717) is 36.2 Å². The van der Waals surface area contributed by atoms with Crippen molar-refractivity contribution in [2.45, 2.75) is 101 Å². The molecular formula is C47H61F2N11O6. The number of hydrogen-bond acceptors (Lipinski definition) is 12. The maximum atomic E-state index is 14.2. The number of hydrogen-bond donors (Lipinski definition) is 4. The maximum absolute atomic E-state index is 14.2. The molecule has 4 fully saturated rings. The summed E-state index contributed by atoms with van der Waals surface area (Å²) < 4.78 is 45.0. The van der Waals surface area contributed by atoms with Crippen molar-refractivity contribution >= 4 is 34.4 Å². The SMILES string of the molecule is CN(CC[C@@H]1CN(CCCc2ccc3c(c2)n(C)c(=O)n3C2CCC(=O)NC2O)CCO1)CC1CCC(n2cc(NC(=O)c3coc(-c4ccnc(NCC5CC5)c4)n3)c(C(F)F)n2)CC1. The molecule has 0 spiro atoms. The van der Waals surface area contributed by atoms with Crippen molar-refractivity contribution in [2.24, 2.45) is 18.9 Å². The number of alkyl halides is 2. The van der Waals surface area contributed by atoms with E-state index in [-0.39, 0.29) is 47.4 Å². The predicted octanol–water partition coefficient (Wildman–Crippen LogP) is 5.75. The van der Waals surface area contributed by atoms with E-state index in [2.05, 4.69) is 60.0 Å². The molecule has 17 nitrogen and oxygen atoms in total. The van der Waals surface area contributed by atoms with E-state index < -0.39 is 30.3 Å². The number of piperidine rings is 1. The van der Waals surface area contributed by atoms with Gasteiger partial charge in [0.1, 0.15) is 18.3 Å². The molecule has 4 aliphatic rings. The quantitative estimate of drug-likeness (QED) is 0.0834. The predicted molar refractivity (Wildman–Crippen MR) is 243 cm³/mol. The topological polar surface area (TPSA) is 190 Å². The van der Waals surface area contributed by atoms with Gasteiger partial charge in [-0.3, -0.25) is 28.3 Å². The second-order valence-corrected chi connectivity index (χ2v) is 18.7. The highest BCUT2D eigenvalue weighted by Gasteiger charge is 2.32. The van der Waals surface area contributed by atoms with Gasteiger partial charge in [-0.1, -0.05) is 6.07 Å². The van der Waals surface area contributed by atoms with Gasteiger partial charge < -0.3 is 35.1 Å². The van der Waals surface area contributed by atoms with E-state index in [4.69, 9.17) is 9.15 Å². The summed E-state index contributed by atoms with van der Waals surface area (Å²) in [6.07, 6.45) is 9.93. The number of carbonyl (C=O) groups is 2. The second kappa shape index (κ2) is 20.2. The number of benzene rings is 1. The smallest absolute Gasteiger partial charge is 0.329 e. The molecule has 0 radical (unpaired) electrons. The standard InChI is InChI=1S/C47H61F2N11O6/c1-56(19-16-34-26-58(20-21-65-34)18-3-4-29-9-12-37-39(22-29)57(2)47(64)60(37)38-13-14-41(61)54-45(38)63)25-31-7-10-33(11-8-31)59-27-35(42(55-59)43(48)49)52-44(62)36-28-66-46(53-36)32-15-17-50-40(23-32)51-24-30-5-6-30/h9,12,15,17,22-23,27-28,30-31,33-34,38,43,45,63H,3-8,10-11,13-14,16,18-21,24-26H2,1-2H3,(H,50,51)(H,52,62)(H,54,61)/t31?,33?,34-,38?,45?/m1/s1. The molecule has 2 saturated carbocycles. The third kappa shape index (κ3) is 10.7. The number of morpholine rings is 1. The first kappa shape index (κ1) is 45.6. The number of aryl methyl sites for hydroxylation is 2. The summed E-state index contributed by atoms with van der Waals surface area (Å²) >= 11 is 0. The number of nitrogens with zero attached hydrogens (tertiary/aromatic N) is 8. The summed E-state index contributed by atoms with van der Waals surface area (Å²) in [5, 5.41) is 23.2. The fourth-order valence-corrected chi connectivity index (χ4v) is 9.86. The van der Waals surface area contributed by atoms with E-state index in [1.54, 1.807) is 39.2 Å². The zero-order valence-electron chi connectivity index (χ0n) is 37.7. The number of carbonyl (C=O) groups excluding carboxylic acids is 2. The number of pyridine rings is 1. The van der Waals surface area contributed by atoms with E-state index in [9.17, 15) is 28.3 Å². The van der Waals surface area contributed by atoms with Crippen LogP contribution in [0, 0.1) is 11.8 Å². The average Bonchev–Trinajstić information content (AvgIpc) is 3.73. The van der Waals surface area contributed by atoms with Gasteiger partial charge in [0.05, 0.1) is 41.5 Å². The van der Waals surface area contributed by atoms with Crippen molar-refractivity contribution in [3.05, 3.63) is 76.4 Å². The van der Waals surface area contributed by atoms with Gasteiger partial charge in [0.2, 0.25) is 11.8 Å². The Morgan fingerprint density at radius 2 is 1.88 bits per heavy atom. The Hall–Kier alpha value is -5.50. The molecular weight excluding hydrogens is 853 g/mol. The first-order valence-electron chi connectivity index (χ1n) is 23.5. The van der Waals surface area contributed by atoms with E-state index >= 15 is 0 Å². The van der Waals surface area contributed by atoms with Crippen LogP contribution in [-0.4, -0.2) is 121 Å². The van der Waals surface area contributed by atoms with Crippen LogP contribution in [0.4, 0.5) is 20.3 Å². The lowest BCUT2D eigenvalue weighted by Crippen LogP contribution is -2.47. The molecule has 5 aromatic rings. The second-order valence-electron chi connectivity index (χ2n) is 18.7. The fraction of sp³-hybridized carbons (Fsp3) is 0.574. The number of anilines is 2. The van der Waals surface area contributed by atoms with Gasteiger partial charge in [0.15, 0.2) is 11.4 Å². The van der Waals surface area contributed by atoms with Gasteiger partial charge in [-0.2, -0.15) is 5.10 Å². The normalized spacial score (nSPS) is 22.9. The first-order chi connectivity index (χ1) is 31.9. The molecule has 3 atom stereocenters. The molecule has 66 heavy (non-hydrogen) atoms. The van der Waals surface area contributed by atoms with Crippen LogP contribution in [0.3, 0.4) is 0 Å². The lowest BCUT2D eigenvalue weighted by Gasteiger charge is -2.35. The number of aromatic nitrogens is 6. The van der Waals surface area contributed by atoms with Crippen LogP contribution in [0.5, 0.6) is 0 Å². The van der Waals surface area contributed by atoms with Crippen LogP contribution in [-0.2, 0) is 23.0 Å². The number of rotatable bonds is 18. The molecule has 2 saturated heterocycles. The van der Waals surface area contributed by atoms with Crippen LogP contribution in [0.25, 0.3) is 22.5 Å². The molecule has 2 aliphatic carbocycles. The van der Waals surface area contributed by atoms with Crippen molar-refractivity contribution in [3.8, 4) is 11.5 Å². The summed E-state index contributed by atoms with van der Waals surface area (Å²) in [5.41, 5.74) is 2.64. The summed E-state index contributed by atoms with van der Waals surface area (Å²) in [6, 6.07) is 9.06. The Morgan fingerprint density at radius 3 is 2.67 bits per heavy atom. The highest BCUT2D eigenvalue weighted by molar-refractivity contribution is 6.03. The minimum absolute atomic E-state index is 0.0258. The number of nitrogens with one attached hydrogen (secondary N) is 3. The number of aliphatic hydroxyl groups is 1. The summed E-state index contributed by atoms with van der Waals surface area (Å²) in [7, 11) is 3.90.